The van der Waals surface area contributed by atoms with E-state index in [-0.39, 0.29) is 11.4 Å². The number of ether oxygens (including phenoxy) is 1. The zero-order chi connectivity index (χ0) is 16.3. The Morgan fingerprint density at radius 2 is 2.04 bits per heavy atom. The SMILES string of the molecule is CCS(=O)(=O)NCCC1CCOC12CN(Cc1ccccc1)C2. The maximum atomic E-state index is 11.5. The first kappa shape index (κ1) is 16.9. The summed E-state index contributed by atoms with van der Waals surface area (Å²) in [5.41, 5.74) is 1.28. The molecule has 0 aliphatic carbocycles. The predicted octanol–water partition coefficient (Wildman–Crippen LogP) is 1.61. The lowest BCUT2D eigenvalue weighted by Gasteiger charge is -2.50. The largest absolute Gasteiger partial charge is 0.372 e. The minimum Gasteiger partial charge on any atom is -0.372 e. The molecule has 5 nitrogen and oxygen atoms in total. The Kier molecular flexibility index (Phi) is 5.06. The van der Waals surface area contributed by atoms with Gasteiger partial charge in [-0.3, -0.25) is 4.90 Å². The molecule has 3 rings (SSSR count). The van der Waals surface area contributed by atoms with Crippen LogP contribution < -0.4 is 4.72 Å². The Balaban J connectivity index is 1.48. The average molecular weight is 338 g/mol. The molecule has 0 bridgehead atoms. The highest BCUT2D eigenvalue weighted by Gasteiger charge is 2.52. The Morgan fingerprint density at radius 3 is 2.74 bits per heavy atom. The van der Waals surface area contributed by atoms with Crippen LogP contribution in [-0.4, -0.2) is 50.9 Å². The van der Waals surface area contributed by atoms with Crippen molar-refractivity contribution < 1.29 is 13.2 Å². The second-order valence-electron chi connectivity index (χ2n) is 6.62. The van der Waals surface area contributed by atoms with Crippen LogP contribution >= 0.6 is 0 Å². The summed E-state index contributed by atoms with van der Waals surface area (Å²) in [7, 11) is -3.09. The molecule has 1 atom stereocenters. The van der Waals surface area contributed by atoms with Crippen molar-refractivity contribution in [3.8, 4) is 0 Å². The van der Waals surface area contributed by atoms with Gasteiger partial charge < -0.3 is 4.74 Å². The zero-order valence-electron chi connectivity index (χ0n) is 13.7. The highest BCUT2D eigenvalue weighted by molar-refractivity contribution is 7.89. The van der Waals surface area contributed by atoms with Gasteiger partial charge >= 0.3 is 0 Å². The van der Waals surface area contributed by atoms with E-state index >= 15 is 0 Å². The summed E-state index contributed by atoms with van der Waals surface area (Å²) in [5.74, 6) is 0.596. The first-order valence-corrected chi connectivity index (χ1v) is 10.1. The van der Waals surface area contributed by atoms with Gasteiger partial charge in [-0.1, -0.05) is 30.3 Å². The highest BCUT2D eigenvalue weighted by atomic mass is 32.2. The van der Waals surface area contributed by atoms with E-state index in [2.05, 4.69) is 33.9 Å². The fourth-order valence-corrected chi connectivity index (χ4v) is 4.33. The first-order chi connectivity index (χ1) is 11.0. The van der Waals surface area contributed by atoms with Crippen molar-refractivity contribution in [2.75, 3.05) is 32.0 Å². The molecule has 0 radical (unpaired) electrons. The minimum absolute atomic E-state index is 0.0492. The molecule has 6 heteroatoms. The Hall–Kier alpha value is -0.950. The lowest BCUT2D eigenvalue weighted by atomic mass is 9.79. The number of rotatable bonds is 7. The van der Waals surface area contributed by atoms with Crippen LogP contribution in [0.4, 0.5) is 0 Å². The second kappa shape index (κ2) is 6.89. The third-order valence-corrected chi connectivity index (χ3v) is 6.43. The van der Waals surface area contributed by atoms with Gasteiger partial charge in [0.1, 0.15) is 0 Å². The quantitative estimate of drug-likeness (QED) is 0.820. The number of benzene rings is 1. The van der Waals surface area contributed by atoms with Crippen molar-refractivity contribution in [1.82, 2.24) is 9.62 Å². The van der Waals surface area contributed by atoms with E-state index in [1.807, 2.05) is 6.07 Å². The van der Waals surface area contributed by atoms with Gasteiger partial charge in [0.2, 0.25) is 10.0 Å². The molecule has 2 aliphatic rings. The third kappa shape index (κ3) is 3.94. The Labute approximate surface area is 139 Å². The molecule has 2 fully saturated rings. The molecule has 23 heavy (non-hydrogen) atoms. The van der Waals surface area contributed by atoms with Gasteiger partial charge in [-0.15, -0.1) is 0 Å². The molecule has 0 amide bonds. The van der Waals surface area contributed by atoms with E-state index in [0.717, 1.165) is 39.1 Å². The van der Waals surface area contributed by atoms with E-state index in [1.165, 1.54) is 5.56 Å². The smallest absolute Gasteiger partial charge is 0.211 e. The lowest BCUT2D eigenvalue weighted by Crippen LogP contribution is -2.64. The maximum Gasteiger partial charge on any atom is 0.211 e. The summed E-state index contributed by atoms with van der Waals surface area (Å²) in [6.45, 7) is 5.84. The van der Waals surface area contributed by atoms with Crippen LogP contribution in [0, 0.1) is 5.92 Å². The number of nitrogens with one attached hydrogen (secondary N) is 1. The zero-order valence-corrected chi connectivity index (χ0v) is 14.5. The van der Waals surface area contributed by atoms with Crippen molar-refractivity contribution in [2.24, 2.45) is 5.92 Å². The maximum absolute atomic E-state index is 11.5. The van der Waals surface area contributed by atoms with E-state index < -0.39 is 10.0 Å². The summed E-state index contributed by atoms with van der Waals surface area (Å²) in [6.07, 6.45) is 1.89. The van der Waals surface area contributed by atoms with Crippen molar-refractivity contribution in [3.63, 3.8) is 0 Å². The molecule has 1 spiro atoms. The van der Waals surface area contributed by atoms with Crippen molar-refractivity contribution >= 4 is 10.0 Å². The van der Waals surface area contributed by atoms with Crippen molar-refractivity contribution in [1.29, 1.82) is 0 Å². The number of nitrogens with zero attached hydrogens (tertiary/aromatic N) is 1. The molecular formula is C17H26N2O3S. The van der Waals surface area contributed by atoms with Crippen molar-refractivity contribution in [3.05, 3.63) is 35.9 Å². The van der Waals surface area contributed by atoms with Crippen LogP contribution in [0.3, 0.4) is 0 Å². The molecule has 1 aromatic rings. The fourth-order valence-electron chi connectivity index (χ4n) is 3.70. The van der Waals surface area contributed by atoms with Crippen LogP contribution in [0.5, 0.6) is 0 Å². The molecule has 1 aromatic carbocycles. The summed E-state index contributed by atoms with van der Waals surface area (Å²) >= 11 is 0. The number of hydrogen-bond acceptors (Lipinski definition) is 4. The molecular weight excluding hydrogens is 312 g/mol. The number of likely N-dealkylation sites (tertiary alicyclic amines) is 1. The van der Waals surface area contributed by atoms with Crippen LogP contribution in [-0.2, 0) is 21.3 Å². The van der Waals surface area contributed by atoms with E-state index in [1.54, 1.807) is 6.92 Å². The second-order valence-corrected chi connectivity index (χ2v) is 8.71. The molecule has 1 N–H and O–H groups in total. The topological polar surface area (TPSA) is 58.6 Å². The van der Waals surface area contributed by atoms with Gasteiger partial charge in [0.15, 0.2) is 0 Å². The van der Waals surface area contributed by atoms with Gasteiger partial charge in [0, 0.05) is 32.8 Å². The van der Waals surface area contributed by atoms with Gasteiger partial charge in [0.05, 0.1) is 11.4 Å². The fraction of sp³-hybridized carbons (Fsp3) is 0.647. The highest BCUT2D eigenvalue weighted by Crippen LogP contribution is 2.42. The minimum atomic E-state index is -3.09. The summed E-state index contributed by atoms with van der Waals surface area (Å²) < 4.78 is 31.8. The van der Waals surface area contributed by atoms with Crippen LogP contribution in [0.2, 0.25) is 0 Å². The molecule has 128 valence electrons. The molecule has 2 heterocycles. The van der Waals surface area contributed by atoms with Gasteiger partial charge in [-0.05, 0) is 31.2 Å². The van der Waals surface area contributed by atoms with Crippen LogP contribution in [0.25, 0.3) is 0 Å². The van der Waals surface area contributed by atoms with Gasteiger partial charge in [-0.2, -0.15) is 0 Å². The van der Waals surface area contributed by atoms with E-state index in [9.17, 15) is 8.42 Å². The monoisotopic (exact) mass is 338 g/mol. The van der Waals surface area contributed by atoms with Crippen molar-refractivity contribution in [2.45, 2.75) is 31.9 Å². The number of sulfonamides is 1. The third-order valence-electron chi connectivity index (χ3n) is 5.03. The molecule has 2 saturated heterocycles. The summed E-state index contributed by atoms with van der Waals surface area (Å²) in [4.78, 5) is 2.41. The predicted molar refractivity (Wildman–Crippen MR) is 90.6 cm³/mol. The molecule has 0 aromatic heterocycles. The van der Waals surface area contributed by atoms with E-state index in [4.69, 9.17) is 4.74 Å². The Morgan fingerprint density at radius 1 is 1.30 bits per heavy atom. The Bertz CT molecular complexity index is 612. The molecule has 0 saturated carbocycles. The normalized spacial score (nSPS) is 24.0. The summed E-state index contributed by atoms with van der Waals surface area (Å²) in [6, 6.07) is 10.5. The molecule has 2 aliphatic heterocycles. The molecule has 1 unspecified atom stereocenters. The lowest BCUT2D eigenvalue weighted by molar-refractivity contribution is -0.136. The average Bonchev–Trinajstić information content (AvgIpc) is 2.92. The van der Waals surface area contributed by atoms with Crippen LogP contribution in [0.15, 0.2) is 30.3 Å². The summed E-state index contributed by atoms with van der Waals surface area (Å²) in [5, 5.41) is 0. The number of hydrogen-bond donors (Lipinski definition) is 1. The first-order valence-electron chi connectivity index (χ1n) is 8.40. The van der Waals surface area contributed by atoms with E-state index in [0.29, 0.717) is 12.5 Å². The van der Waals surface area contributed by atoms with Gasteiger partial charge in [-0.25, -0.2) is 13.1 Å². The van der Waals surface area contributed by atoms with Crippen LogP contribution in [0.1, 0.15) is 25.3 Å². The van der Waals surface area contributed by atoms with Gasteiger partial charge in [0.25, 0.3) is 0 Å². The standard InChI is InChI=1S/C17H26N2O3S/c1-2-23(20,21)18-10-8-16-9-11-22-17(16)13-19(14-17)12-15-6-4-3-5-7-15/h3-7,16,18H,2,8-14H2,1H3.